The van der Waals surface area contributed by atoms with Crippen molar-refractivity contribution < 1.29 is 9.21 Å². The summed E-state index contributed by atoms with van der Waals surface area (Å²) in [6.07, 6.45) is 4.81. The molecular formula is C16H13NO2. The Kier molecular flexibility index (Phi) is 2.80. The molecule has 0 saturated carbocycles. The number of aromatic nitrogens is 1. The molecule has 0 amide bonds. The second-order valence-electron chi connectivity index (χ2n) is 4.38. The number of ketones is 1. The number of carbonyl (C=O) groups excluding carboxylic acids is 1. The first-order valence-electron chi connectivity index (χ1n) is 6.09. The summed E-state index contributed by atoms with van der Waals surface area (Å²) in [5.74, 6) is 0.650. The van der Waals surface area contributed by atoms with Crippen molar-refractivity contribution in [1.29, 1.82) is 0 Å². The summed E-state index contributed by atoms with van der Waals surface area (Å²) < 4.78 is 5.17. The Bertz CT molecular complexity index is 748. The lowest BCUT2D eigenvalue weighted by Crippen LogP contribution is -1.95. The SMILES string of the molecule is Cc1[nH]c2ccccc2c1C(=O)/C=C/c1ccco1. The van der Waals surface area contributed by atoms with E-state index in [-0.39, 0.29) is 5.78 Å². The average Bonchev–Trinajstić information content (AvgIpc) is 3.02. The molecule has 0 atom stereocenters. The molecule has 2 aromatic heterocycles. The maximum atomic E-state index is 12.3. The van der Waals surface area contributed by atoms with Gasteiger partial charge in [-0.2, -0.15) is 0 Å². The van der Waals surface area contributed by atoms with Crippen molar-refractivity contribution in [2.75, 3.05) is 0 Å². The van der Waals surface area contributed by atoms with E-state index in [2.05, 4.69) is 4.98 Å². The fraction of sp³-hybridized carbons (Fsp3) is 0.0625. The number of hydrogen-bond acceptors (Lipinski definition) is 2. The largest absolute Gasteiger partial charge is 0.465 e. The van der Waals surface area contributed by atoms with Crippen molar-refractivity contribution in [2.45, 2.75) is 6.92 Å². The summed E-state index contributed by atoms with van der Waals surface area (Å²) in [4.78, 5) is 15.5. The molecule has 3 aromatic rings. The number of H-pyrrole nitrogens is 1. The molecule has 3 rings (SSSR count). The number of aromatic amines is 1. The van der Waals surface area contributed by atoms with Crippen LogP contribution in [0.3, 0.4) is 0 Å². The number of rotatable bonds is 3. The molecular weight excluding hydrogens is 238 g/mol. The molecule has 0 radical (unpaired) electrons. The summed E-state index contributed by atoms with van der Waals surface area (Å²) in [5.41, 5.74) is 2.59. The molecule has 19 heavy (non-hydrogen) atoms. The first-order valence-corrected chi connectivity index (χ1v) is 6.09. The van der Waals surface area contributed by atoms with Gasteiger partial charge < -0.3 is 9.40 Å². The highest BCUT2D eigenvalue weighted by Gasteiger charge is 2.13. The Labute approximate surface area is 110 Å². The van der Waals surface area contributed by atoms with Gasteiger partial charge in [-0.25, -0.2) is 0 Å². The van der Waals surface area contributed by atoms with Gasteiger partial charge in [0.2, 0.25) is 0 Å². The van der Waals surface area contributed by atoms with Gasteiger partial charge >= 0.3 is 0 Å². The minimum atomic E-state index is -0.0219. The molecule has 0 unspecified atom stereocenters. The molecule has 3 nitrogen and oxygen atoms in total. The van der Waals surface area contributed by atoms with Gasteiger partial charge in [0.05, 0.1) is 11.8 Å². The normalized spacial score (nSPS) is 11.4. The zero-order valence-corrected chi connectivity index (χ0v) is 10.5. The minimum Gasteiger partial charge on any atom is -0.465 e. The Morgan fingerprint density at radius 1 is 1.21 bits per heavy atom. The van der Waals surface area contributed by atoms with Gasteiger partial charge in [0, 0.05) is 16.6 Å². The lowest BCUT2D eigenvalue weighted by atomic mass is 10.1. The Balaban J connectivity index is 2.00. The zero-order valence-electron chi connectivity index (χ0n) is 10.5. The average molecular weight is 251 g/mol. The fourth-order valence-electron chi connectivity index (χ4n) is 2.22. The van der Waals surface area contributed by atoms with Gasteiger partial charge in [0.15, 0.2) is 5.78 Å². The number of benzene rings is 1. The molecule has 0 aliphatic rings. The van der Waals surface area contributed by atoms with Crippen molar-refractivity contribution in [3.05, 3.63) is 65.8 Å². The fourth-order valence-corrected chi connectivity index (χ4v) is 2.22. The number of para-hydroxylation sites is 1. The predicted octanol–water partition coefficient (Wildman–Crippen LogP) is 3.97. The van der Waals surface area contributed by atoms with Crippen molar-refractivity contribution in [2.24, 2.45) is 0 Å². The second-order valence-corrected chi connectivity index (χ2v) is 4.38. The molecule has 2 heterocycles. The molecule has 0 saturated heterocycles. The molecule has 0 aliphatic heterocycles. The third-order valence-electron chi connectivity index (χ3n) is 3.08. The van der Waals surface area contributed by atoms with Gasteiger partial charge in [-0.05, 0) is 37.3 Å². The van der Waals surface area contributed by atoms with Crippen molar-refractivity contribution in [3.63, 3.8) is 0 Å². The summed E-state index contributed by atoms with van der Waals surface area (Å²) in [5, 5.41) is 0.953. The number of fused-ring (bicyclic) bond motifs is 1. The smallest absolute Gasteiger partial charge is 0.188 e. The number of hydrogen-bond donors (Lipinski definition) is 1. The van der Waals surface area contributed by atoms with Gasteiger partial charge in [0.25, 0.3) is 0 Å². The molecule has 0 spiro atoms. The predicted molar refractivity (Wildman–Crippen MR) is 75.1 cm³/mol. The third-order valence-corrected chi connectivity index (χ3v) is 3.08. The Morgan fingerprint density at radius 2 is 2.05 bits per heavy atom. The lowest BCUT2D eigenvalue weighted by Gasteiger charge is -1.95. The highest BCUT2D eigenvalue weighted by atomic mass is 16.3. The maximum Gasteiger partial charge on any atom is 0.188 e. The van der Waals surface area contributed by atoms with E-state index < -0.39 is 0 Å². The van der Waals surface area contributed by atoms with Crippen molar-refractivity contribution >= 4 is 22.8 Å². The van der Waals surface area contributed by atoms with E-state index in [0.29, 0.717) is 5.76 Å². The van der Waals surface area contributed by atoms with Crippen LogP contribution in [0.2, 0.25) is 0 Å². The molecule has 3 heteroatoms. The quantitative estimate of drug-likeness (QED) is 0.565. The topological polar surface area (TPSA) is 46.0 Å². The van der Waals surface area contributed by atoms with Crippen LogP contribution in [0.25, 0.3) is 17.0 Å². The molecule has 1 N–H and O–H groups in total. The number of furan rings is 1. The van der Waals surface area contributed by atoms with Gasteiger partial charge in [0.1, 0.15) is 5.76 Å². The molecule has 0 aliphatic carbocycles. The number of aryl methyl sites for hydroxylation is 1. The van der Waals surface area contributed by atoms with Crippen LogP contribution < -0.4 is 0 Å². The number of nitrogens with one attached hydrogen (secondary N) is 1. The maximum absolute atomic E-state index is 12.3. The van der Waals surface area contributed by atoms with Crippen LogP contribution in [0.1, 0.15) is 21.8 Å². The third kappa shape index (κ3) is 2.10. The van der Waals surface area contributed by atoms with Gasteiger partial charge in [-0.1, -0.05) is 18.2 Å². The summed E-state index contributed by atoms with van der Waals surface area (Å²) in [7, 11) is 0. The van der Waals surface area contributed by atoms with Gasteiger partial charge in [-0.15, -0.1) is 0 Å². The van der Waals surface area contributed by atoms with E-state index in [1.165, 1.54) is 0 Å². The van der Waals surface area contributed by atoms with E-state index in [4.69, 9.17) is 4.42 Å². The molecule has 1 aromatic carbocycles. The van der Waals surface area contributed by atoms with Crippen LogP contribution in [-0.4, -0.2) is 10.8 Å². The highest BCUT2D eigenvalue weighted by molar-refractivity contribution is 6.15. The second kappa shape index (κ2) is 4.61. The molecule has 0 bridgehead atoms. The Morgan fingerprint density at radius 3 is 2.84 bits per heavy atom. The lowest BCUT2D eigenvalue weighted by molar-refractivity contribution is 0.104. The van der Waals surface area contributed by atoms with E-state index in [1.54, 1.807) is 24.5 Å². The zero-order chi connectivity index (χ0) is 13.2. The first-order chi connectivity index (χ1) is 9.25. The van der Waals surface area contributed by atoms with Crippen molar-refractivity contribution in [3.8, 4) is 0 Å². The minimum absolute atomic E-state index is 0.0219. The van der Waals surface area contributed by atoms with E-state index in [0.717, 1.165) is 22.2 Å². The molecule has 94 valence electrons. The summed E-state index contributed by atoms with van der Waals surface area (Å²) >= 11 is 0. The van der Waals surface area contributed by atoms with Crippen LogP contribution in [0, 0.1) is 6.92 Å². The monoisotopic (exact) mass is 251 g/mol. The van der Waals surface area contributed by atoms with Crippen molar-refractivity contribution in [1.82, 2.24) is 4.98 Å². The van der Waals surface area contributed by atoms with E-state index in [9.17, 15) is 4.79 Å². The van der Waals surface area contributed by atoms with Crippen LogP contribution in [0.15, 0.2) is 53.2 Å². The van der Waals surface area contributed by atoms with Crippen LogP contribution in [0.5, 0.6) is 0 Å². The van der Waals surface area contributed by atoms with Gasteiger partial charge in [-0.3, -0.25) is 4.79 Å². The van der Waals surface area contributed by atoms with Crippen LogP contribution in [0.4, 0.5) is 0 Å². The Hall–Kier alpha value is -2.55. The summed E-state index contributed by atoms with van der Waals surface area (Å²) in [6, 6.07) is 11.4. The van der Waals surface area contributed by atoms with E-state index in [1.807, 2.05) is 37.3 Å². The summed E-state index contributed by atoms with van der Waals surface area (Å²) in [6.45, 7) is 1.91. The number of carbonyl (C=O) groups is 1. The first kappa shape index (κ1) is 11.5. The highest BCUT2D eigenvalue weighted by Crippen LogP contribution is 2.22. The number of allylic oxidation sites excluding steroid dienone is 1. The molecule has 0 fully saturated rings. The standard InChI is InChI=1S/C16H13NO2/c1-11-16(13-6-2-3-7-14(13)17-11)15(18)9-8-12-5-4-10-19-12/h2-10,17H,1H3/b9-8+. The van der Waals surface area contributed by atoms with Crippen LogP contribution >= 0.6 is 0 Å². The van der Waals surface area contributed by atoms with E-state index >= 15 is 0 Å². The van der Waals surface area contributed by atoms with Crippen LogP contribution in [-0.2, 0) is 0 Å².